The van der Waals surface area contributed by atoms with E-state index in [0.717, 1.165) is 26.9 Å². The lowest BCUT2D eigenvalue weighted by molar-refractivity contribution is -0.0493. The second kappa shape index (κ2) is 8.14. The molecule has 1 aliphatic heterocycles. The van der Waals surface area contributed by atoms with E-state index in [1.165, 1.54) is 16.2 Å². The number of halogens is 2. The van der Waals surface area contributed by atoms with E-state index >= 15 is 0 Å². The molecule has 0 bridgehead atoms. The fourth-order valence-electron chi connectivity index (χ4n) is 3.55. The largest absolute Gasteiger partial charge is 0.338 e. The molecule has 5 heterocycles. The Hall–Kier alpha value is -3.20. The molecule has 1 fully saturated rings. The number of piperidine rings is 1. The van der Waals surface area contributed by atoms with E-state index < -0.39 is 5.92 Å². The fourth-order valence-corrected chi connectivity index (χ4v) is 4.55. The van der Waals surface area contributed by atoms with Crippen molar-refractivity contribution in [3.05, 3.63) is 54.7 Å². The number of hydrogen-bond acceptors (Lipinski definition) is 5. The Morgan fingerprint density at radius 3 is 2.65 bits per heavy atom. The number of carbonyl (C=O) groups excluding carboxylic acids is 1. The summed E-state index contributed by atoms with van der Waals surface area (Å²) in [5.74, 6) is -2.87. The van der Waals surface area contributed by atoms with Crippen LogP contribution in [0.2, 0.25) is 0 Å². The number of pyridine rings is 2. The van der Waals surface area contributed by atoms with E-state index in [2.05, 4.69) is 23.2 Å². The summed E-state index contributed by atoms with van der Waals surface area (Å²) in [6.07, 6.45) is 3.07. The average Bonchev–Trinajstić information content (AvgIpc) is 3.35. The minimum absolute atomic E-state index is 0.0789. The van der Waals surface area contributed by atoms with Gasteiger partial charge in [-0.05, 0) is 24.3 Å². The summed E-state index contributed by atoms with van der Waals surface area (Å²) in [6, 6.07) is 7.58. The van der Waals surface area contributed by atoms with Gasteiger partial charge in [-0.25, -0.2) is 18.7 Å². The lowest BCUT2D eigenvalue weighted by Gasteiger charge is -2.31. The highest BCUT2D eigenvalue weighted by Gasteiger charge is 2.36. The van der Waals surface area contributed by atoms with Crippen molar-refractivity contribution >= 4 is 38.5 Å². The van der Waals surface area contributed by atoms with Gasteiger partial charge in [-0.3, -0.25) is 9.48 Å². The molecule has 0 radical (unpaired) electrons. The minimum atomic E-state index is -2.67. The molecule has 4 aromatic heterocycles. The van der Waals surface area contributed by atoms with Crippen LogP contribution in [0.1, 0.15) is 22.5 Å². The molecule has 6 nitrogen and oxygen atoms in total. The minimum Gasteiger partial charge on any atom is -0.338 e. The SMILES string of the molecule is C=C.Cn1cc2cc(-c3ccc4cc(C(=O)N5CCC(F)(F)CC5)sc4n3)cnc2n1. The number of hydrogen-bond donors (Lipinski definition) is 0. The standard InChI is InChI=1S/C20H17F2N5OS.C2H4/c1-26-11-14-8-13(10-23-17(14)25-26)15-3-2-12-9-16(29-18(12)24-15)19(28)27-6-4-20(21,22)5-7-27;1-2/h2-3,8-11H,4-7H2,1H3;1-2H2. The highest BCUT2D eigenvalue weighted by atomic mass is 32.1. The van der Waals surface area contributed by atoms with Gasteiger partial charge in [0.05, 0.1) is 10.6 Å². The van der Waals surface area contributed by atoms with E-state index in [0.29, 0.717) is 10.5 Å². The zero-order valence-electron chi connectivity index (χ0n) is 17.0. The first-order chi connectivity index (χ1) is 14.9. The Bertz CT molecular complexity index is 1260. The summed E-state index contributed by atoms with van der Waals surface area (Å²) in [4.78, 5) is 24.6. The summed E-state index contributed by atoms with van der Waals surface area (Å²) in [5, 5.41) is 6.06. The Morgan fingerprint density at radius 2 is 1.90 bits per heavy atom. The molecule has 0 unspecified atom stereocenters. The molecule has 31 heavy (non-hydrogen) atoms. The van der Waals surface area contributed by atoms with Crippen molar-refractivity contribution in [3.8, 4) is 11.3 Å². The zero-order valence-corrected chi connectivity index (χ0v) is 17.8. The third-order valence-electron chi connectivity index (χ3n) is 5.15. The predicted molar refractivity (Wildman–Crippen MR) is 118 cm³/mol. The molecule has 0 spiro atoms. The van der Waals surface area contributed by atoms with Crippen LogP contribution >= 0.6 is 11.3 Å². The summed E-state index contributed by atoms with van der Waals surface area (Å²) in [6.45, 7) is 6.16. The highest BCUT2D eigenvalue weighted by Crippen LogP contribution is 2.32. The van der Waals surface area contributed by atoms with Crippen LogP contribution in [0.3, 0.4) is 0 Å². The maximum absolute atomic E-state index is 13.4. The van der Waals surface area contributed by atoms with Crippen molar-refractivity contribution in [1.82, 2.24) is 24.6 Å². The number of likely N-dealkylation sites (tertiary alicyclic amines) is 1. The molecule has 0 saturated carbocycles. The number of fused-ring (bicyclic) bond motifs is 2. The molecule has 0 aliphatic carbocycles. The fraction of sp³-hybridized carbons (Fsp3) is 0.273. The smallest absolute Gasteiger partial charge is 0.264 e. The van der Waals surface area contributed by atoms with Crippen molar-refractivity contribution in [2.45, 2.75) is 18.8 Å². The van der Waals surface area contributed by atoms with Gasteiger partial charge in [0, 0.05) is 61.7 Å². The summed E-state index contributed by atoms with van der Waals surface area (Å²) in [5.41, 5.74) is 2.30. The molecular formula is C22H21F2N5OS. The Kier molecular flexibility index (Phi) is 5.53. The van der Waals surface area contributed by atoms with E-state index in [-0.39, 0.29) is 31.8 Å². The van der Waals surface area contributed by atoms with Crippen LogP contribution in [-0.2, 0) is 7.05 Å². The maximum atomic E-state index is 13.4. The lowest BCUT2D eigenvalue weighted by Crippen LogP contribution is -2.42. The highest BCUT2D eigenvalue weighted by molar-refractivity contribution is 7.20. The van der Waals surface area contributed by atoms with Crippen LogP contribution < -0.4 is 0 Å². The van der Waals surface area contributed by atoms with Crippen molar-refractivity contribution in [1.29, 1.82) is 0 Å². The number of aryl methyl sites for hydroxylation is 1. The third kappa shape index (κ3) is 4.18. The van der Waals surface area contributed by atoms with Crippen molar-refractivity contribution in [3.63, 3.8) is 0 Å². The van der Waals surface area contributed by atoms with Crippen molar-refractivity contribution < 1.29 is 13.6 Å². The molecule has 160 valence electrons. The molecule has 0 aromatic carbocycles. The van der Waals surface area contributed by atoms with Gasteiger partial charge in [-0.2, -0.15) is 5.10 Å². The summed E-state index contributed by atoms with van der Waals surface area (Å²) in [7, 11) is 1.85. The van der Waals surface area contributed by atoms with E-state index in [1.54, 1.807) is 16.9 Å². The average molecular weight is 442 g/mol. The second-order valence-electron chi connectivity index (χ2n) is 7.29. The number of amides is 1. The zero-order chi connectivity index (χ0) is 22.2. The number of thiophene rings is 1. The lowest BCUT2D eigenvalue weighted by atomic mass is 10.1. The van der Waals surface area contributed by atoms with Crippen LogP contribution in [0, 0.1) is 0 Å². The first-order valence-corrected chi connectivity index (χ1v) is 10.6. The first kappa shape index (κ1) is 21.0. The molecule has 0 atom stereocenters. The van der Waals surface area contributed by atoms with Gasteiger partial charge in [-0.1, -0.05) is 0 Å². The van der Waals surface area contributed by atoms with Crippen LogP contribution in [0.5, 0.6) is 0 Å². The Morgan fingerprint density at radius 1 is 1.16 bits per heavy atom. The number of carbonyl (C=O) groups is 1. The van der Waals surface area contributed by atoms with Gasteiger partial charge in [-0.15, -0.1) is 24.5 Å². The molecule has 4 aromatic rings. The quantitative estimate of drug-likeness (QED) is 0.414. The number of aromatic nitrogens is 4. The third-order valence-corrected chi connectivity index (χ3v) is 6.18. The number of rotatable bonds is 2. The van der Waals surface area contributed by atoms with Gasteiger partial charge >= 0.3 is 0 Å². The maximum Gasteiger partial charge on any atom is 0.264 e. The summed E-state index contributed by atoms with van der Waals surface area (Å²) < 4.78 is 28.4. The van der Waals surface area contributed by atoms with Crippen molar-refractivity contribution in [2.24, 2.45) is 7.05 Å². The molecule has 1 aliphatic rings. The molecule has 1 amide bonds. The molecule has 1 saturated heterocycles. The second-order valence-corrected chi connectivity index (χ2v) is 8.32. The number of alkyl halides is 2. The molecule has 5 rings (SSSR count). The van der Waals surface area contributed by atoms with Gasteiger partial charge in [0.1, 0.15) is 4.83 Å². The van der Waals surface area contributed by atoms with Crippen LogP contribution in [-0.4, -0.2) is 49.6 Å². The van der Waals surface area contributed by atoms with E-state index in [1.807, 2.05) is 31.4 Å². The first-order valence-electron chi connectivity index (χ1n) is 9.75. The van der Waals surface area contributed by atoms with Crippen molar-refractivity contribution in [2.75, 3.05) is 13.1 Å². The van der Waals surface area contributed by atoms with Gasteiger partial charge in [0.15, 0.2) is 5.65 Å². The number of nitrogens with zero attached hydrogens (tertiary/aromatic N) is 5. The summed E-state index contributed by atoms with van der Waals surface area (Å²) >= 11 is 1.29. The topological polar surface area (TPSA) is 63.9 Å². The Labute approximate surface area is 181 Å². The van der Waals surface area contributed by atoms with Crippen LogP contribution in [0.4, 0.5) is 8.78 Å². The molecule has 9 heteroatoms. The Balaban J connectivity index is 0.00000112. The van der Waals surface area contributed by atoms with E-state index in [4.69, 9.17) is 4.98 Å². The van der Waals surface area contributed by atoms with Gasteiger partial charge in [0.2, 0.25) is 0 Å². The van der Waals surface area contributed by atoms with Gasteiger partial charge in [0.25, 0.3) is 11.8 Å². The predicted octanol–water partition coefficient (Wildman–Crippen LogP) is 4.92. The van der Waals surface area contributed by atoms with Gasteiger partial charge < -0.3 is 4.90 Å². The molecule has 0 N–H and O–H groups in total. The molecular weight excluding hydrogens is 420 g/mol. The van der Waals surface area contributed by atoms with Crippen LogP contribution in [0.15, 0.2) is 49.8 Å². The normalized spacial score (nSPS) is 15.6. The van der Waals surface area contributed by atoms with E-state index in [9.17, 15) is 13.6 Å². The van der Waals surface area contributed by atoms with Crippen LogP contribution in [0.25, 0.3) is 32.5 Å². The monoisotopic (exact) mass is 441 g/mol.